The van der Waals surface area contributed by atoms with Gasteiger partial charge in [-0.2, -0.15) is 29.9 Å². The molecule has 2 aromatic heterocycles. The van der Waals surface area contributed by atoms with Gasteiger partial charge in [0.1, 0.15) is 0 Å². The second-order valence-corrected chi connectivity index (χ2v) is 12.2. The maximum Gasteiger partial charge on any atom is 0.232 e. The van der Waals surface area contributed by atoms with Crippen LogP contribution in [0.5, 0.6) is 0 Å². The van der Waals surface area contributed by atoms with Gasteiger partial charge in [-0.3, -0.25) is 0 Å². The molecule has 10 nitrogen and oxygen atoms in total. The van der Waals surface area contributed by atoms with E-state index >= 15 is 0 Å². The number of para-hydroxylation sites is 2. The highest BCUT2D eigenvalue weighted by Crippen LogP contribution is 2.44. The van der Waals surface area contributed by atoms with Crippen molar-refractivity contribution in [2.75, 3.05) is 22.1 Å². The van der Waals surface area contributed by atoms with Crippen molar-refractivity contribution >= 4 is 80.0 Å². The smallest absolute Gasteiger partial charge is 0.232 e. The first-order valence-electron chi connectivity index (χ1n) is 13.0. The quantitative estimate of drug-likeness (QED) is 0.111. The standard InChI is InChI=1S/C30H22Cl2N10S2/c31-19-13-9-17(10-14-19)25-37-27(33)41-29(39-25)35-21-5-1-3-7-23(21)43-44-24-8-4-2-6-22(24)36-30-40-26(38-28(34)42-30)18-11-15-20(32)16-12-18/h1-16H,(H3,33,35,37,39,41)(H3,34,36,38,40,42). The summed E-state index contributed by atoms with van der Waals surface area (Å²) in [7, 11) is 3.12. The van der Waals surface area contributed by atoms with Crippen LogP contribution in [0.4, 0.5) is 35.2 Å². The second kappa shape index (κ2) is 13.3. The van der Waals surface area contributed by atoms with Gasteiger partial charge in [0.15, 0.2) is 11.6 Å². The Bertz CT molecular complexity index is 1790. The molecule has 14 heteroatoms. The van der Waals surface area contributed by atoms with E-state index in [-0.39, 0.29) is 11.9 Å². The zero-order chi connectivity index (χ0) is 30.5. The largest absolute Gasteiger partial charge is 0.368 e. The summed E-state index contributed by atoms with van der Waals surface area (Å²) in [6.45, 7) is 0. The Labute approximate surface area is 270 Å². The number of aromatic nitrogens is 6. The molecule has 0 fully saturated rings. The summed E-state index contributed by atoms with van der Waals surface area (Å²) in [5.74, 6) is 1.73. The lowest BCUT2D eigenvalue weighted by Gasteiger charge is -2.13. The van der Waals surface area contributed by atoms with Crippen molar-refractivity contribution < 1.29 is 0 Å². The van der Waals surface area contributed by atoms with Crippen LogP contribution < -0.4 is 22.1 Å². The topological polar surface area (TPSA) is 153 Å². The maximum absolute atomic E-state index is 6.03. The van der Waals surface area contributed by atoms with E-state index in [2.05, 4.69) is 40.5 Å². The highest BCUT2D eigenvalue weighted by atomic mass is 35.5. The van der Waals surface area contributed by atoms with Crippen LogP contribution in [-0.4, -0.2) is 29.9 Å². The van der Waals surface area contributed by atoms with Crippen molar-refractivity contribution in [1.82, 2.24) is 29.9 Å². The van der Waals surface area contributed by atoms with Gasteiger partial charge < -0.3 is 22.1 Å². The summed E-state index contributed by atoms with van der Waals surface area (Å²) in [6, 6.07) is 30.1. The molecule has 0 amide bonds. The molecule has 0 aliphatic rings. The molecular weight excluding hydrogens is 635 g/mol. The third-order valence-corrected chi connectivity index (χ3v) is 8.98. The van der Waals surface area contributed by atoms with Gasteiger partial charge in [-0.05, 0) is 72.8 Å². The van der Waals surface area contributed by atoms with Crippen LogP contribution in [0.2, 0.25) is 10.0 Å². The molecule has 0 saturated heterocycles. The van der Waals surface area contributed by atoms with E-state index in [1.807, 2.05) is 72.8 Å². The van der Waals surface area contributed by atoms with Crippen LogP contribution in [-0.2, 0) is 0 Å². The molecule has 218 valence electrons. The summed E-state index contributed by atoms with van der Waals surface area (Å²) >= 11 is 12.1. The maximum atomic E-state index is 6.03. The average molecular weight is 658 g/mol. The van der Waals surface area contributed by atoms with Gasteiger partial charge in [0, 0.05) is 31.0 Å². The van der Waals surface area contributed by atoms with E-state index in [0.29, 0.717) is 33.6 Å². The molecule has 4 aromatic carbocycles. The highest BCUT2D eigenvalue weighted by molar-refractivity contribution is 8.76. The third-order valence-electron chi connectivity index (χ3n) is 6.00. The number of hydrogen-bond donors (Lipinski definition) is 4. The van der Waals surface area contributed by atoms with E-state index in [1.165, 1.54) is 0 Å². The number of anilines is 6. The predicted molar refractivity (Wildman–Crippen MR) is 181 cm³/mol. The van der Waals surface area contributed by atoms with Crippen LogP contribution in [0.15, 0.2) is 107 Å². The van der Waals surface area contributed by atoms with Gasteiger partial charge in [-0.25, -0.2) is 0 Å². The summed E-state index contributed by atoms with van der Waals surface area (Å²) in [6.07, 6.45) is 0. The number of nitrogen functional groups attached to an aromatic ring is 2. The Morgan fingerprint density at radius 1 is 0.477 bits per heavy atom. The molecule has 6 rings (SSSR count). The molecule has 6 aromatic rings. The van der Waals surface area contributed by atoms with Crippen LogP contribution in [0.25, 0.3) is 22.8 Å². The Balaban J connectivity index is 1.20. The minimum Gasteiger partial charge on any atom is -0.368 e. The zero-order valence-corrected chi connectivity index (χ0v) is 25.8. The van der Waals surface area contributed by atoms with Crippen LogP contribution in [0.3, 0.4) is 0 Å². The van der Waals surface area contributed by atoms with Crippen LogP contribution >= 0.6 is 44.8 Å². The van der Waals surface area contributed by atoms with E-state index in [4.69, 9.17) is 34.7 Å². The van der Waals surface area contributed by atoms with E-state index in [9.17, 15) is 0 Å². The molecule has 0 radical (unpaired) electrons. The summed E-state index contributed by atoms with van der Waals surface area (Å²) in [4.78, 5) is 28.2. The van der Waals surface area contributed by atoms with Crippen molar-refractivity contribution in [3.05, 3.63) is 107 Å². The van der Waals surface area contributed by atoms with Crippen molar-refractivity contribution in [3.8, 4) is 22.8 Å². The molecule has 0 bridgehead atoms. The minimum atomic E-state index is 0.102. The fourth-order valence-electron chi connectivity index (χ4n) is 3.97. The Morgan fingerprint density at radius 2 is 0.864 bits per heavy atom. The predicted octanol–water partition coefficient (Wildman–Crippen LogP) is 8.15. The molecule has 0 aliphatic carbocycles. The minimum absolute atomic E-state index is 0.102. The second-order valence-electron chi connectivity index (χ2n) is 9.10. The van der Waals surface area contributed by atoms with Gasteiger partial charge >= 0.3 is 0 Å². The molecule has 0 aliphatic heterocycles. The van der Waals surface area contributed by atoms with Crippen molar-refractivity contribution in [1.29, 1.82) is 0 Å². The monoisotopic (exact) mass is 656 g/mol. The van der Waals surface area contributed by atoms with Gasteiger partial charge in [0.25, 0.3) is 0 Å². The number of benzene rings is 4. The molecule has 0 unspecified atom stereocenters. The first-order valence-corrected chi connectivity index (χ1v) is 15.9. The fourth-order valence-corrected chi connectivity index (χ4v) is 6.50. The third kappa shape index (κ3) is 7.29. The number of nitrogens with one attached hydrogen (secondary N) is 2. The van der Waals surface area contributed by atoms with Crippen molar-refractivity contribution in [2.45, 2.75) is 9.79 Å². The molecular formula is C30H22Cl2N10S2. The molecule has 0 atom stereocenters. The zero-order valence-electron chi connectivity index (χ0n) is 22.6. The summed E-state index contributed by atoms with van der Waals surface area (Å²) < 4.78 is 0. The Hall–Kier alpha value is -4.62. The first kappa shape index (κ1) is 29.5. The van der Waals surface area contributed by atoms with Crippen LogP contribution in [0.1, 0.15) is 0 Å². The van der Waals surface area contributed by atoms with Crippen LogP contribution in [0, 0.1) is 0 Å². The number of hydrogen-bond acceptors (Lipinski definition) is 12. The number of nitrogens with two attached hydrogens (primary N) is 2. The Kier molecular flexibility index (Phi) is 8.94. The van der Waals surface area contributed by atoms with Gasteiger partial charge in [0.05, 0.1) is 11.4 Å². The first-order chi connectivity index (χ1) is 21.4. The molecule has 44 heavy (non-hydrogen) atoms. The number of halogens is 2. The normalized spacial score (nSPS) is 10.9. The fraction of sp³-hybridized carbons (Fsp3) is 0. The molecule has 0 saturated carbocycles. The number of rotatable bonds is 9. The number of nitrogens with zero attached hydrogens (tertiary/aromatic N) is 6. The summed E-state index contributed by atoms with van der Waals surface area (Å²) in [5.41, 5.74) is 15.2. The summed E-state index contributed by atoms with van der Waals surface area (Å²) in [5, 5.41) is 7.82. The SMILES string of the molecule is Nc1nc(Nc2ccccc2SSc2ccccc2Nc2nc(N)nc(-c3ccc(Cl)cc3)n2)nc(-c2ccc(Cl)cc2)n1. The highest BCUT2D eigenvalue weighted by Gasteiger charge is 2.13. The Morgan fingerprint density at radius 3 is 1.27 bits per heavy atom. The lowest BCUT2D eigenvalue weighted by Crippen LogP contribution is -2.05. The van der Waals surface area contributed by atoms with Gasteiger partial charge in [0.2, 0.25) is 23.8 Å². The van der Waals surface area contributed by atoms with E-state index < -0.39 is 0 Å². The van der Waals surface area contributed by atoms with Crippen molar-refractivity contribution in [2.24, 2.45) is 0 Å². The molecule has 2 heterocycles. The molecule has 6 N–H and O–H groups in total. The van der Waals surface area contributed by atoms with Gasteiger partial charge in [-0.1, -0.05) is 69.1 Å². The lowest BCUT2D eigenvalue weighted by molar-refractivity contribution is 1.07. The average Bonchev–Trinajstić information content (AvgIpc) is 3.01. The van der Waals surface area contributed by atoms with E-state index in [1.54, 1.807) is 45.9 Å². The van der Waals surface area contributed by atoms with Crippen molar-refractivity contribution in [3.63, 3.8) is 0 Å². The van der Waals surface area contributed by atoms with Gasteiger partial charge in [-0.15, -0.1) is 0 Å². The lowest BCUT2D eigenvalue weighted by atomic mass is 10.2. The van der Waals surface area contributed by atoms with E-state index in [0.717, 1.165) is 32.3 Å². The molecule has 0 spiro atoms.